The molecule has 0 spiro atoms. The van der Waals surface area contributed by atoms with Gasteiger partial charge in [0.2, 0.25) is 10.0 Å². The number of piperazine rings is 1. The topological polar surface area (TPSA) is 95.0 Å². The molecule has 0 amide bonds. The van der Waals surface area contributed by atoms with Gasteiger partial charge in [0.25, 0.3) is 0 Å². The van der Waals surface area contributed by atoms with Gasteiger partial charge in [-0.3, -0.25) is 4.90 Å². The fourth-order valence-corrected chi connectivity index (χ4v) is 6.45. The molecule has 0 unspecified atom stereocenters. The van der Waals surface area contributed by atoms with Crippen LogP contribution in [-0.4, -0.2) is 81.0 Å². The Balaban J connectivity index is 1.67. The fourth-order valence-electron chi connectivity index (χ4n) is 3.18. The Labute approximate surface area is 136 Å². The van der Waals surface area contributed by atoms with Crippen LogP contribution in [0.1, 0.15) is 0 Å². The van der Waals surface area contributed by atoms with Crippen molar-refractivity contribution in [3.63, 3.8) is 0 Å². The average Bonchev–Trinajstić information content (AvgIpc) is 2.81. The molecule has 9 heteroatoms. The van der Waals surface area contributed by atoms with Gasteiger partial charge in [-0.1, -0.05) is 18.2 Å². The molecule has 2 fully saturated rings. The van der Waals surface area contributed by atoms with Gasteiger partial charge in [-0.25, -0.2) is 16.8 Å². The molecular weight excluding hydrogens is 340 g/mol. The summed E-state index contributed by atoms with van der Waals surface area (Å²) in [5.41, 5.74) is 0. The lowest BCUT2D eigenvalue weighted by atomic mass is 10.1. The van der Waals surface area contributed by atoms with Gasteiger partial charge in [-0.05, 0) is 12.1 Å². The minimum absolute atomic E-state index is 0.0560. The Morgan fingerprint density at radius 1 is 1.00 bits per heavy atom. The highest BCUT2D eigenvalue weighted by molar-refractivity contribution is 7.91. The third-order valence-electron chi connectivity index (χ3n) is 4.42. The van der Waals surface area contributed by atoms with Gasteiger partial charge in [0.15, 0.2) is 9.84 Å². The second kappa shape index (κ2) is 6.14. The quantitative estimate of drug-likeness (QED) is 0.755. The number of aliphatic hydroxyl groups is 1. The van der Waals surface area contributed by atoms with Gasteiger partial charge in [0.1, 0.15) is 0 Å². The second-order valence-corrected chi connectivity index (χ2v) is 10.1. The van der Waals surface area contributed by atoms with Crippen molar-refractivity contribution < 1.29 is 21.9 Å². The van der Waals surface area contributed by atoms with Crippen molar-refractivity contribution >= 4 is 19.9 Å². The Hall–Kier alpha value is -1.00. The molecule has 0 radical (unpaired) electrons. The molecule has 1 aromatic carbocycles. The number of hydrogen-bond donors (Lipinski definition) is 1. The summed E-state index contributed by atoms with van der Waals surface area (Å²) in [6, 6.07) is 7.83. The molecule has 0 aliphatic carbocycles. The molecule has 23 heavy (non-hydrogen) atoms. The highest BCUT2D eigenvalue weighted by Gasteiger charge is 2.41. The molecule has 2 aliphatic heterocycles. The maximum absolute atomic E-state index is 12.5. The number of sulfone groups is 1. The third kappa shape index (κ3) is 3.43. The van der Waals surface area contributed by atoms with E-state index in [1.807, 2.05) is 4.90 Å². The summed E-state index contributed by atoms with van der Waals surface area (Å²) in [6.45, 7) is 1.42. The van der Waals surface area contributed by atoms with Crippen LogP contribution in [0.3, 0.4) is 0 Å². The van der Waals surface area contributed by atoms with Crippen molar-refractivity contribution in [1.29, 1.82) is 0 Å². The van der Waals surface area contributed by atoms with E-state index in [-0.39, 0.29) is 16.4 Å². The maximum atomic E-state index is 12.5. The number of aliphatic hydroxyl groups excluding tert-OH is 1. The Kier molecular flexibility index (Phi) is 4.49. The van der Waals surface area contributed by atoms with E-state index in [1.54, 1.807) is 30.3 Å². The smallest absolute Gasteiger partial charge is 0.243 e. The lowest BCUT2D eigenvalue weighted by Gasteiger charge is -2.37. The molecule has 0 saturated carbocycles. The monoisotopic (exact) mass is 360 g/mol. The van der Waals surface area contributed by atoms with Crippen LogP contribution in [0.15, 0.2) is 35.2 Å². The van der Waals surface area contributed by atoms with Crippen LogP contribution >= 0.6 is 0 Å². The lowest BCUT2D eigenvalue weighted by Crippen LogP contribution is -2.54. The van der Waals surface area contributed by atoms with Gasteiger partial charge in [-0.15, -0.1) is 0 Å². The molecule has 2 heterocycles. The van der Waals surface area contributed by atoms with Crippen LogP contribution in [0.2, 0.25) is 0 Å². The Bertz CT molecular complexity index is 756. The molecule has 2 aliphatic rings. The maximum Gasteiger partial charge on any atom is 0.243 e. The molecule has 1 aromatic rings. The van der Waals surface area contributed by atoms with Crippen LogP contribution in [-0.2, 0) is 19.9 Å². The predicted molar refractivity (Wildman–Crippen MR) is 85.2 cm³/mol. The first-order valence-corrected chi connectivity index (χ1v) is 10.7. The number of benzene rings is 1. The van der Waals surface area contributed by atoms with Gasteiger partial charge in [-0.2, -0.15) is 4.31 Å². The molecular formula is C14H20N2O5S2. The van der Waals surface area contributed by atoms with E-state index in [4.69, 9.17) is 0 Å². The normalized spacial score (nSPS) is 29.6. The molecule has 3 rings (SSSR count). The Morgan fingerprint density at radius 3 is 2.13 bits per heavy atom. The molecule has 128 valence electrons. The van der Waals surface area contributed by atoms with Crippen molar-refractivity contribution in [2.75, 3.05) is 37.7 Å². The predicted octanol–water partition coefficient (Wildman–Crippen LogP) is -0.849. The number of sulfonamides is 1. The number of nitrogens with zero attached hydrogens (tertiary/aromatic N) is 2. The zero-order valence-electron chi connectivity index (χ0n) is 12.6. The highest BCUT2D eigenvalue weighted by Crippen LogP contribution is 2.22. The van der Waals surface area contributed by atoms with Gasteiger partial charge in [0.05, 0.1) is 28.5 Å². The SMILES string of the molecule is O=S1(=O)C[C@@H](O)[C@@H](N2CCN(S(=O)(=O)c3ccccc3)CC2)C1. The summed E-state index contributed by atoms with van der Waals surface area (Å²) < 4.78 is 49.7. The summed E-state index contributed by atoms with van der Waals surface area (Å²) in [7, 11) is -6.72. The van der Waals surface area contributed by atoms with Crippen LogP contribution in [0.4, 0.5) is 0 Å². The molecule has 1 N–H and O–H groups in total. The van der Waals surface area contributed by atoms with Crippen molar-refractivity contribution in [2.24, 2.45) is 0 Å². The number of rotatable bonds is 3. The van der Waals surface area contributed by atoms with Crippen LogP contribution in [0.5, 0.6) is 0 Å². The van der Waals surface area contributed by atoms with Crippen LogP contribution in [0.25, 0.3) is 0 Å². The lowest BCUT2D eigenvalue weighted by molar-refractivity contribution is 0.0618. The molecule has 7 nitrogen and oxygen atoms in total. The molecule has 0 aromatic heterocycles. The molecule has 2 atom stereocenters. The van der Waals surface area contributed by atoms with Crippen molar-refractivity contribution in [1.82, 2.24) is 9.21 Å². The van der Waals surface area contributed by atoms with Crippen LogP contribution < -0.4 is 0 Å². The van der Waals surface area contributed by atoms with E-state index in [9.17, 15) is 21.9 Å². The zero-order chi connectivity index (χ0) is 16.7. The highest BCUT2D eigenvalue weighted by atomic mass is 32.2. The summed E-state index contributed by atoms with van der Waals surface area (Å²) in [5.74, 6) is -0.264. The van der Waals surface area contributed by atoms with Crippen molar-refractivity contribution in [3.05, 3.63) is 30.3 Å². The fraction of sp³-hybridized carbons (Fsp3) is 0.571. The van der Waals surface area contributed by atoms with Gasteiger partial charge < -0.3 is 5.11 Å². The summed E-state index contributed by atoms with van der Waals surface area (Å²) in [5, 5.41) is 9.93. The van der Waals surface area contributed by atoms with Gasteiger partial charge in [0, 0.05) is 26.2 Å². The second-order valence-electron chi connectivity index (χ2n) is 5.96. The van der Waals surface area contributed by atoms with E-state index in [0.29, 0.717) is 26.2 Å². The zero-order valence-corrected chi connectivity index (χ0v) is 14.2. The standard InChI is InChI=1S/C14H20N2O5S2/c17-14-11-22(18,19)10-13(14)15-6-8-16(9-7-15)23(20,21)12-4-2-1-3-5-12/h1-5,13-14,17H,6-11H2/t13-,14+/m0/s1. The van der Waals surface area contributed by atoms with Crippen molar-refractivity contribution in [2.45, 2.75) is 17.0 Å². The summed E-state index contributed by atoms with van der Waals surface area (Å²) in [6.07, 6.45) is -0.891. The molecule has 2 saturated heterocycles. The van der Waals surface area contributed by atoms with E-state index in [0.717, 1.165) is 0 Å². The van der Waals surface area contributed by atoms with E-state index < -0.39 is 32.0 Å². The summed E-state index contributed by atoms with van der Waals surface area (Å²) >= 11 is 0. The minimum atomic E-state index is -3.52. The van der Waals surface area contributed by atoms with E-state index in [1.165, 1.54) is 4.31 Å². The average molecular weight is 360 g/mol. The van der Waals surface area contributed by atoms with E-state index in [2.05, 4.69) is 0 Å². The first kappa shape index (κ1) is 16.8. The van der Waals surface area contributed by atoms with Crippen LogP contribution in [0, 0.1) is 0 Å². The molecule has 0 bridgehead atoms. The minimum Gasteiger partial charge on any atom is -0.390 e. The number of hydrogen-bond acceptors (Lipinski definition) is 6. The Morgan fingerprint density at radius 2 is 1.61 bits per heavy atom. The first-order chi connectivity index (χ1) is 10.8. The van der Waals surface area contributed by atoms with Crippen molar-refractivity contribution in [3.8, 4) is 0 Å². The summed E-state index contributed by atoms with van der Waals surface area (Å²) in [4.78, 5) is 2.14. The van der Waals surface area contributed by atoms with E-state index >= 15 is 0 Å². The van der Waals surface area contributed by atoms with Gasteiger partial charge >= 0.3 is 0 Å². The first-order valence-electron chi connectivity index (χ1n) is 7.47. The largest absolute Gasteiger partial charge is 0.390 e. The third-order valence-corrected chi connectivity index (χ3v) is 8.03.